The Morgan fingerprint density at radius 2 is 2.05 bits per heavy atom. The van der Waals surface area contributed by atoms with Gasteiger partial charge in [0.1, 0.15) is 0 Å². The molecule has 3 nitrogen and oxygen atoms in total. The van der Waals surface area contributed by atoms with Crippen LogP contribution in [0.15, 0.2) is 18.2 Å². The van der Waals surface area contributed by atoms with Crippen molar-refractivity contribution in [1.82, 2.24) is 10.6 Å². The lowest BCUT2D eigenvalue weighted by Gasteiger charge is -2.34. The minimum absolute atomic E-state index is 0.113. The fourth-order valence-corrected chi connectivity index (χ4v) is 2.60. The van der Waals surface area contributed by atoms with Gasteiger partial charge >= 0.3 is 0 Å². The topological polar surface area (TPSA) is 41.1 Å². The minimum Gasteiger partial charge on any atom is -0.356 e. The number of halogens is 2. The van der Waals surface area contributed by atoms with Crippen LogP contribution in [0.5, 0.6) is 0 Å². The highest BCUT2D eigenvalue weighted by atomic mass is 19.2. The van der Waals surface area contributed by atoms with Gasteiger partial charge < -0.3 is 10.6 Å². The zero-order valence-electron chi connectivity index (χ0n) is 12.3. The Morgan fingerprint density at radius 3 is 2.76 bits per heavy atom. The lowest BCUT2D eigenvalue weighted by molar-refractivity contribution is -0.121. The van der Waals surface area contributed by atoms with E-state index in [0.717, 1.165) is 32.0 Å². The van der Waals surface area contributed by atoms with Gasteiger partial charge in [0.25, 0.3) is 0 Å². The number of rotatable bonds is 5. The molecule has 0 unspecified atom stereocenters. The smallest absolute Gasteiger partial charge is 0.220 e. The molecular formula is C16H22F2N2O. The van der Waals surface area contributed by atoms with Crippen molar-refractivity contribution >= 4 is 5.91 Å². The second kappa shape index (κ2) is 6.98. The third-order valence-electron chi connectivity index (χ3n) is 4.18. The molecule has 0 atom stereocenters. The van der Waals surface area contributed by atoms with Crippen LogP contribution in [-0.4, -0.2) is 25.5 Å². The molecular weight excluding hydrogens is 274 g/mol. The standard InChI is InChI=1S/C16H22F2N2O/c1-16(7-9-19-10-8-16)11-20-14(21)6-5-12-3-2-4-13(17)15(12)18/h2-4,19H,5-11H2,1H3,(H,20,21). The van der Waals surface area contributed by atoms with E-state index in [-0.39, 0.29) is 29.7 Å². The minimum atomic E-state index is -0.866. The molecule has 1 aliphatic heterocycles. The molecule has 0 radical (unpaired) electrons. The van der Waals surface area contributed by atoms with Crippen LogP contribution in [0.1, 0.15) is 31.7 Å². The maximum Gasteiger partial charge on any atom is 0.220 e. The van der Waals surface area contributed by atoms with Crippen LogP contribution in [0.2, 0.25) is 0 Å². The molecule has 1 aromatic carbocycles. The molecule has 1 fully saturated rings. The van der Waals surface area contributed by atoms with Crippen molar-refractivity contribution in [3.63, 3.8) is 0 Å². The third kappa shape index (κ3) is 4.49. The number of hydrogen-bond donors (Lipinski definition) is 2. The molecule has 1 heterocycles. The Balaban J connectivity index is 1.78. The monoisotopic (exact) mass is 296 g/mol. The predicted octanol–water partition coefficient (Wildman–Crippen LogP) is 2.40. The van der Waals surface area contributed by atoms with Gasteiger partial charge in [0.05, 0.1) is 0 Å². The molecule has 5 heteroatoms. The van der Waals surface area contributed by atoms with Crippen LogP contribution in [0.4, 0.5) is 8.78 Å². The van der Waals surface area contributed by atoms with Crippen LogP contribution in [-0.2, 0) is 11.2 Å². The normalized spacial score (nSPS) is 17.5. The van der Waals surface area contributed by atoms with E-state index in [1.165, 1.54) is 12.1 Å². The van der Waals surface area contributed by atoms with Crippen molar-refractivity contribution in [2.45, 2.75) is 32.6 Å². The maximum atomic E-state index is 13.5. The largest absolute Gasteiger partial charge is 0.356 e. The second-order valence-electron chi connectivity index (χ2n) is 6.05. The molecule has 1 amide bonds. The SMILES string of the molecule is CC1(CNC(=O)CCc2cccc(F)c2F)CCNCC1. The summed E-state index contributed by atoms with van der Waals surface area (Å²) in [5.41, 5.74) is 0.378. The van der Waals surface area contributed by atoms with Crippen molar-refractivity contribution in [2.24, 2.45) is 5.41 Å². The molecule has 116 valence electrons. The first-order chi connectivity index (χ1) is 10.0. The average Bonchev–Trinajstić information content (AvgIpc) is 2.47. The summed E-state index contributed by atoms with van der Waals surface area (Å²) in [4.78, 5) is 11.9. The lowest BCUT2D eigenvalue weighted by Crippen LogP contribution is -2.42. The number of aryl methyl sites for hydroxylation is 1. The van der Waals surface area contributed by atoms with E-state index < -0.39 is 11.6 Å². The summed E-state index contributed by atoms with van der Waals surface area (Å²) < 4.78 is 26.5. The van der Waals surface area contributed by atoms with Gasteiger partial charge in [0, 0.05) is 13.0 Å². The molecule has 0 aliphatic carbocycles. The maximum absolute atomic E-state index is 13.5. The van der Waals surface area contributed by atoms with Gasteiger partial charge in [-0.05, 0) is 49.4 Å². The Hall–Kier alpha value is -1.49. The Bertz CT molecular complexity index is 499. The van der Waals surface area contributed by atoms with Gasteiger partial charge in [0.15, 0.2) is 11.6 Å². The number of carbonyl (C=O) groups is 1. The molecule has 2 rings (SSSR count). The van der Waals surface area contributed by atoms with Gasteiger partial charge in [-0.25, -0.2) is 8.78 Å². The summed E-state index contributed by atoms with van der Waals surface area (Å²) >= 11 is 0. The van der Waals surface area contributed by atoms with Gasteiger partial charge in [-0.2, -0.15) is 0 Å². The number of piperidine rings is 1. The molecule has 21 heavy (non-hydrogen) atoms. The van der Waals surface area contributed by atoms with E-state index in [1.807, 2.05) is 0 Å². The van der Waals surface area contributed by atoms with E-state index in [2.05, 4.69) is 17.6 Å². The van der Waals surface area contributed by atoms with Crippen molar-refractivity contribution in [3.05, 3.63) is 35.4 Å². The van der Waals surface area contributed by atoms with Gasteiger partial charge in [-0.15, -0.1) is 0 Å². The third-order valence-corrected chi connectivity index (χ3v) is 4.18. The van der Waals surface area contributed by atoms with Crippen LogP contribution < -0.4 is 10.6 Å². The number of hydrogen-bond acceptors (Lipinski definition) is 2. The molecule has 0 saturated carbocycles. The van der Waals surface area contributed by atoms with Crippen LogP contribution in [0, 0.1) is 17.0 Å². The number of nitrogens with one attached hydrogen (secondary N) is 2. The summed E-state index contributed by atoms with van der Waals surface area (Å²) in [6.07, 6.45) is 2.46. The molecule has 1 saturated heterocycles. The van der Waals surface area contributed by atoms with Gasteiger partial charge in [-0.3, -0.25) is 4.79 Å². The summed E-state index contributed by atoms with van der Waals surface area (Å²) in [6.45, 7) is 4.75. The Morgan fingerprint density at radius 1 is 1.33 bits per heavy atom. The Labute approximate surface area is 124 Å². The highest BCUT2D eigenvalue weighted by molar-refractivity contribution is 5.76. The summed E-state index contributed by atoms with van der Waals surface area (Å²) in [6, 6.07) is 4.05. The van der Waals surface area contributed by atoms with Crippen LogP contribution in [0.3, 0.4) is 0 Å². The fraction of sp³-hybridized carbons (Fsp3) is 0.562. The van der Waals surface area contributed by atoms with E-state index in [1.54, 1.807) is 0 Å². The summed E-state index contributed by atoms with van der Waals surface area (Å²) in [5.74, 6) is -1.83. The average molecular weight is 296 g/mol. The van der Waals surface area contributed by atoms with E-state index in [9.17, 15) is 13.6 Å². The number of carbonyl (C=O) groups excluding carboxylic acids is 1. The van der Waals surface area contributed by atoms with Crippen molar-refractivity contribution in [3.8, 4) is 0 Å². The zero-order valence-corrected chi connectivity index (χ0v) is 12.3. The molecule has 0 spiro atoms. The van der Waals surface area contributed by atoms with E-state index in [0.29, 0.717) is 6.54 Å². The quantitative estimate of drug-likeness (QED) is 0.876. The highest BCUT2D eigenvalue weighted by Crippen LogP contribution is 2.26. The molecule has 1 aromatic rings. The van der Waals surface area contributed by atoms with Gasteiger partial charge in [-0.1, -0.05) is 19.1 Å². The van der Waals surface area contributed by atoms with Crippen molar-refractivity contribution in [2.75, 3.05) is 19.6 Å². The number of amides is 1. The van der Waals surface area contributed by atoms with Crippen molar-refractivity contribution in [1.29, 1.82) is 0 Å². The second-order valence-corrected chi connectivity index (χ2v) is 6.05. The molecule has 2 N–H and O–H groups in total. The first-order valence-electron chi connectivity index (χ1n) is 7.40. The fourth-order valence-electron chi connectivity index (χ4n) is 2.60. The highest BCUT2D eigenvalue weighted by Gasteiger charge is 2.26. The summed E-state index contributed by atoms with van der Waals surface area (Å²) in [5, 5.41) is 6.21. The number of benzene rings is 1. The molecule has 1 aliphatic rings. The first-order valence-corrected chi connectivity index (χ1v) is 7.40. The lowest BCUT2D eigenvalue weighted by atomic mass is 9.81. The molecule has 0 aromatic heterocycles. The van der Waals surface area contributed by atoms with E-state index >= 15 is 0 Å². The van der Waals surface area contributed by atoms with Crippen LogP contribution >= 0.6 is 0 Å². The zero-order chi connectivity index (χ0) is 15.3. The van der Waals surface area contributed by atoms with Gasteiger partial charge in [0.2, 0.25) is 5.91 Å². The summed E-state index contributed by atoms with van der Waals surface area (Å²) in [7, 11) is 0. The predicted molar refractivity (Wildman–Crippen MR) is 77.9 cm³/mol. The Kier molecular flexibility index (Phi) is 5.28. The molecule has 0 bridgehead atoms. The first kappa shape index (κ1) is 15.9. The van der Waals surface area contributed by atoms with Crippen molar-refractivity contribution < 1.29 is 13.6 Å². The van der Waals surface area contributed by atoms with E-state index in [4.69, 9.17) is 0 Å². The van der Waals surface area contributed by atoms with Crippen LogP contribution in [0.25, 0.3) is 0 Å².